The fourth-order valence-corrected chi connectivity index (χ4v) is 4.07. The number of hydrogen-bond donors (Lipinski definition) is 0. The lowest BCUT2D eigenvalue weighted by Gasteiger charge is -2.37. The van der Waals surface area contributed by atoms with Gasteiger partial charge in [0, 0.05) is 36.5 Å². The van der Waals surface area contributed by atoms with E-state index < -0.39 is 17.9 Å². The normalized spacial score (nSPS) is 19.4. The number of para-hydroxylation sites is 1. The van der Waals surface area contributed by atoms with Gasteiger partial charge in [0.1, 0.15) is 5.60 Å². The molecule has 1 aromatic heterocycles. The molecule has 1 aliphatic carbocycles. The number of pyridine rings is 1. The smallest absolute Gasteiger partial charge is 0.251 e. The van der Waals surface area contributed by atoms with Crippen LogP contribution >= 0.6 is 0 Å². The van der Waals surface area contributed by atoms with E-state index >= 15 is 0 Å². The van der Waals surface area contributed by atoms with Gasteiger partial charge in [0.05, 0.1) is 11.2 Å². The number of ether oxygens (including phenoxy) is 1. The zero-order valence-electron chi connectivity index (χ0n) is 16.5. The van der Waals surface area contributed by atoms with Gasteiger partial charge in [-0.3, -0.25) is 4.79 Å². The molecule has 4 rings (SSSR count). The number of aromatic nitrogens is 1. The Bertz CT molecular complexity index is 1080. The van der Waals surface area contributed by atoms with E-state index in [9.17, 15) is 13.6 Å². The first-order valence-corrected chi connectivity index (χ1v) is 9.84. The monoisotopic (exact) mass is 395 g/mol. The number of carbonyl (C=O) groups is 1. The summed E-state index contributed by atoms with van der Waals surface area (Å²) >= 11 is 0. The van der Waals surface area contributed by atoms with E-state index in [1.54, 1.807) is 6.07 Å². The van der Waals surface area contributed by atoms with Crippen LogP contribution in [0.4, 0.5) is 8.78 Å². The summed E-state index contributed by atoms with van der Waals surface area (Å²) in [6.07, 6.45) is -0.123. The van der Waals surface area contributed by atoms with Crippen LogP contribution in [0.3, 0.4) is 0 Å². The second-order valence-electron chi connectivity index (χ2n) is 7.67. The molecule has 0 radical (unpaired) electrons. The molecule has 1 heterocycles. The van der Waals surface area contributed by atoms with Crippen molar-refractivity contribution < 1.29 is 18.3 Å². The SMILES string of the molecule is CCC(F)(F)CC1(OC)CCc2ccc(-c3ccc4ccccc4n3)cc2C1=O. The molecule has 0 fully saturated rings. The molecule has 0 saturated heterocycles. The number of hydrogen-bond acceptors (Lipinski definition) is 3. The number of methoxy groups -OCH3 is 1. The zero-order chi connectivity index (χ0) is 20.6. The number of ketones is 1. The highest BCUT2D eigenvalue weighted by Crippen LogP contribution is 2.41. The number of carbonyl (C=O) groups excluding carboxylic acids is 1. The second-order valence-corrected chi connectivity index (χ2v) is 7.67. The van der Waals surface area contributed by atoms with Crippen molar-refractivity contribution >= 4 is 16.7 Å². The topological polar surface area (TPSA) is 39.2 Å². The molecule has 3 nitrogen and oxygen atoms in total. The number of nitrogens with zero attached hydrogens (tertiary/aromatic N) is 1. The van der Waals surface area contributed by atoms with Crippen LogP contribution < -0.4 is 0 Å². The minimum absolute atomic E-state index is 0.262. The molecule has 0 bridgehead atoms. The molecule has 5 heteroatoms. The lowest BCUT2D eigenvalue weighted by Crippen LogP contribution is -2.48. The first-order valence-electron chi connectivity index (χ1n) is 9.84. The number of halogens is 2. The van der Waals surface area contributed by atoms with Crippen LogP contribution in [-0.2, 0) is 11.2 Å². The molecule has 1 atom stereocenters. The van der Waals surface area contributed by atoms with E-state index in [0.29, 0.717) is 12.0 Å². The molecular weight excluding hydrogens is 372 g/mol. The Morgan fingerprint density at radius 2 is 1.93 bits per heavy atom. The molecule has 2 aromatic carbocycles. The van der Waals surface area contributed by atoms with Crippen molar-refractivity contribution in [3.8, 4) is 11.3 Å². The molecule has 0 saturated carbocycles. The van der Waals surface area contributed by atoms with Crippen molar-refractivity contribution in [2.45, 2.75) is 44.1 Å². The molecule has 0 spiro atoms. The highest BCUT2D eigenvalue weighted by atomic mass is 19.3. The lowest BCUT2D eigenvalue weighted by atomic mass is 9.75. The maximum atomic E-state index is 14.2. The molecule has 1 aliphatic rings. The Morgan fingerprint density at radius 3 is 2.69 bits per heavy atom. The van der Waals surface area contributed by atoms with Crippen LogP contribution in [0.15, 0.2) is 54.6 Å². The van der Waals surface area contributed by atoms with Crippen LogP contribution in [0.2, 0.25) is 0 Å². The van der Waals surface area contributed by atoms with Crippen LogP contribution in [0.25, 0.3) is 22.2 Å². The molecule has 0 aliphatic heterocycles. The fourth-order valence-electron chi connectivity index (χ4n) is 4.07. The lowest BCUT2D eigenvalue weighted by molar-refractivity contribution is -0.0942. The van der Waals surface area contributed by atoms with E-state index in [1.165, 1.54) is 14.0 Å². The van der Waals surface area contributed by atoms with Crippen LogP contribution in [0.1, 0.15) is 42.1 Å². The summed E-state index contributed by atoms with van der Waals surface area (Å²) in [7, 11) is 1.35. The Hall–Kier alpha value is -2.66. The molecule has 150 valence electrons. The van der Waals surface area contributed by atoms with E-state index in [0.717, 1.165) is 27.7 Å². The standard InChI is InChI=1S/C24H23F2NO2/c1-3-24(25,26)15-23(29-2)13-12-16-8-9-18(14-19(16)22(23)28)21-11-10-17-6-4-5-7-20(17)27-21/h4-11,14H,3,12-13,15H2,1-2H3. The predicted octanol–water partition coefficient (Wildman–Crippen LogP) is 5.85. The van der Waals surface area contributed by atoms with E-state index in [2.05, 4.69) is 4.98 Å². The Morgan fingerprint density at radius 1 is 1.14 bits per heavy atom. The molecule has 0 N–H and O–H groups in total. The largest absolute Gasteiger partial charge is 0.370 e. The van der Waals surface area contributed by atoms with E-state index in [-0.39, 0.29) is 18.6 Å². The summed E-state index contributed by atoms with van der Waals surface area (Å²) in [5, 5.41) is 1.03. The third-order valence-electron chi connectivity index (χ3n) is 5.91. The first-order chi connectivity index (χ1) is 13.9. The zero-order valence-corrected chi connectivity index (χ0v) is 16.5. The van der Waals surface area contributed by atoms with Gasteiger partial charge in [0.25, 0.3) is 5.92 Å². The summed E-state index contributed by atoms with van der Waals surface area (Å²) < 4.78 is 33.8. The molecule has 1 unspecified atom stereocenters. The quantitative estimate of drug-likeness (QED) is 0.544. The third kappa shape index (κ3) is 3.55. The number of aryl methyl sites for hydroxylation is 1. The van der Waals surface area contributed by atoms with Crippen LogP contribution in [0.5, 0.6) is 0 Å². The average Bonchev–Trinajstić information content (AvgIpc) is 2.75. The predicted molar refractivity (Wildman–Crippen MR) is 109 cm³/mol. The number of Topliss-reactive ketones (excluding diaryl/α,β-unsaturated/α-hetero) is 1. The van der Waals surface area contributed by atoms with Crippen molar-refractivity contribution in [2.24, 2.45) is 0 Å². The Labute approximate surface area is 168 Å². The average molecular weight is 395 g/mol. The summed E-state index contributed by atoms with van der Waals surface area (Å²) in [5.41, 5.74) is 2.23. The van der Waals surface area contributed by atoms with Gasteiger partial charge in [0.15, 0.2) is 5.78 Å². The second kappa shape index (κ2) is 7.30. The van der Waals surface area contributed by atoms with Crippen molar-refractivity contribution in [1.29, 1.82) is 0 Å². The highest BCUT2D eigenvalue weighted by molar-refractivity contribution is 6.05. The Kier molecular flexibility index (Phi) is 4.95. The van der Waals surface area contributed by atoms with E-state index in [1.807, 2.05) is 48.5 Å². The van der Waals surface area contributed by atoms with Gasteiger partial charge in [-0.2, -0.15) is 0 Å². The van der Waals surface area contributed by atoms with Gasteiger partial charge >= 0.3 is 0 Å². The van der Waals surface area contributed by atoms with Crippen LogP contribution in [0, 0.1) is 0 Å². The number of fused-ring (bicyclic) bond motifs is 2. The molecule has 29 heavy (non-hydrogen) atoms. The minimum atomic E-state index is -2.94. The summed E-state index contributed by atoms with van der Waals surface area (Å²) in [4.78, 5) is 18.0. The first kappa shape index (κ1) is 19.6. The van der Waals surface area contributed by atoms with Crippen molar-refractivity contribution in [1.82, 2.24) is 4.98 Å². The van der Waals surface area contributed by atoms with Gasteiger partial charge in [-0.25, -0.2) is 13.8 Å². The molecule has 0 amide bonds. The van der Waals surface area contributed by atoms with Gasteiger partial charge < -0.3 is 4.74 Å². The Balaban J connectivity index is 1.74. The van der Waals surface area contributed by atoms with E-state index in [4.69, 9.17) is 4.74 Å². The van der Waals surface area contributed by atoms with Gasteiger partial charge in [-0.05, 0) is 36.6 Å². The van der Waals surface area contributed by atoms with Crippen molar-refractivity contribution in [2.75, 3.05) is 7.11 Å². The molecule has 3 aromatic rings. The van der Waals surface area contributed by atoms with Crippen molar-refractivity contribution in [3.05, 3.63) is 65.7 Å². The fraction of sp³-hybridized carbons (Fsp3) is 0.333. The van der Waals surface area contributed by atoms with Gasteiger partial charge in [-0.1, -0.05) is 43.3 Å². The number of rotatable bonds is 5. The third-order valence-corrected chi connectivity index (χ3v) is 5.91. The van der Waals surface area contributed by atoms with Crippen molar-refractivity contribution in [3.63, 3.8) is 0 Å². The maximum Gasteiger partial charge on any atom is 0.251 e. The summed E-state index contributed by atoms with van der Waals surface area (Å²) in [6.45, 7) is 1.42. The highest BCUT2D eigenvalue weighted by Gasteiger charge is 2.49. The maximum absolute atomic E-state index is 14.2. The minimum Gasteiger partial charge on any atom is -0.370 e. The number of alkyl halides is 2. The molecular formula is C24H23F2NO2. The van der Waals surface area contributed by atoms with Gasteiger partial charge in [-0.15, -0.1) is 0 Å². The summed E-state index contributed by atoms with van der Waals surface area (Å²) in [5.74, 6) is -3.31. The van der Waals surface area contributed by atoms with Crippen LogP contribution in [-0.4, -0.2) is 29.4 Å². The number of benzene rings is 2. The van der Waals surface area contributed by atoms with Gasteiger partial charge in [0.2, 0.25) is 0 Å². The summed E-state index contributed by atoms with van der Waals surface area (Å²) in [6, 6.07) is 17.3.